The smallest absolute Gasteiger partial charge is 0.257 e. The van der Waals surface area contributed by atoms with Gasteiger partial charge in [-0.2, -0.15) is 10.2 Å². The number of rotatable bonds is 5. The van der Waals surface area contributed by atoms with E-state index in [4.69, 9.17) is 4.98 Å². The van der Waals surface area contributed by atoms with Crippen molar-refractivity contribution >= 4 is 22.6 Å². The summed E-state index contributed by atoms with van der Waals surface area (Å²) in [6, 6.07) is 17.4. The SMILES string of the molecule is Cc1c(-c2cc(C(=O)Nc3ccn(Cc4cccc(F)c4)n3)c3ccccc3n2)cnn1C. The Labute approximate surface area is 189 Å². The van der Waals surface area contributed by atoms with Gasteiger partial charge >= 0.3 is 0 Å². The molecule has 0 unspecified atom stereocenters. The summed E-state index contributed by atoms with van der Waals surface area (Å²) in [5, 5.41) is 12.3. The molecule has 33 heavy (non-hydrogen) atoms. The molecule has 0 atom stereocenters. The van der Waals surface area contributed by atoms with E-state index in [-0.39, 0.29) is 11.7 Å². The van der Waals surface area contributed by atoms with Gasteiger partial charge in [-0.3, -0.25) is 14.2 Å². The number of amides is 1. The first-order valence-electron chi connectivity index (χ1n) is 10.5. The lowest BCUT2D eigenvalue weighted by Crippen LogP contribution is -2.14. The van der Waals surface area contributed by atoms with Crippen LogP contribution in [0.1, 0.15) is 21.6 Å². The van der Waals surface area contributed by atoms with Crippen LogP contribution in [-0.4, -0.2) is 30.5 Å². The molecule has 2 aromatic carbocycles. The van der Waals surface area contributed by atoms with E-state index in [2.05, 4.69) is 15.5 Å². The predicted molar refractivity (Wildman–Crippen MR) is 124 cm³/mol. The molecule has 3 heterocycles. The highest BCUT2D eigenvalue weighted by Crippen LogP contribution is 2.27. The minimum absolute atomic E-state index is 0.285. The van der Waals surface area contributed by atoms with Crippen LogP contribution in [0.25, 0.3) is 22.2 Å². The third-order valence-electron chi connectivity index (χ3n) is 5.59. The number of aromatic nitrogens is 5. The average Bonchev–Trinajstić information content (AvgIpc) is 3.38. The van der Waals surface area contributed by atoms with Crippen molar-refractivity contribution in [2.45, 2.75) is 13.5 Å². The zero-order valence-electron chi connectivity index (χ0n) is 18.2. The molecule has 8 heteroatoms. The maximum absolute atomic E-state index is 13.4. The minimum atomic E-state index is -0.294. The van der Waals surface area contributed by atoms with Gasteiger partial charge in [0.15, 0.2) is 5.82 Å². The van der Waals surface area contributed by atoms with Crippen molar-refractivity contribution in [2.75, 3.05) is 5.32 Å². The van der Waals surface area contributed by atoms with Crippen LogP contribution in [0.2, 0.25) is 0 Å². The molecular weight excluding hydrogens is 419 g/mol. The molecule has 3 aromatic heterocycles. The van der Waals surface area contributed by atoms with Crippen molar-refractivity contribution < 1.29 is 9.18 Å². The van der Waals surface area contributed by atoms with Gasteiger partial charge in [0.25, 0.3) is 5.91 Å². The molecular formula is C25H21FN6O. The molecule has 5 rings (SSSR count). The van der Waals surface area contributed by atoms with E-state index >= 15 is 0 Å². The molecule has 0 bridgehead atoms. The Morgan fingerprint density at radius 3 is 2.73 bits per heavy atom. The van der Waals surface area contributed by atoms with Crippen LogP contribution < -0.4 is 5.32 Å². The Morgan fingerprint density at radius 2 is 1.94 bits per heavy atom. The number of carbonyl (C=O) groups excluding carboxylic acids is 1. The first-order valence-corrected chi connectivity index (χ1v) is 10.5. The second-order valence-corrected chi connectivity index (χ2v) is 7.82. The number of hydrogen-bond donors (Lipinski definition) is 1. The number of pyridine rings is 1. The summed E-state index contributed by atoms with van der Waals surface area (Å²) in [5.41, 5.74) is 4.52. The zero-order valence-corrected chi connectivity index (χ0v) is 18.2. The van der Waals surface area contributed by atoms with Gasteiger partial charge < -0.3 is 5.32 Å². The summed E-state index contributed by atoms with van der Waals surface area (Å²) in [6.45, 7) is 2.36. The van der Waals surface area contributed by atoms with Gasteiger partial charge in [0, 0.05) is 36.0 Å². The van der Waals surface area contributed by atoms with Gasteiger partial charge in [-0.1, -0.05) is 30.3 Å². The molecule has 5 aromatic rings. The van der Waals surface area contributed by atoms with Crippen LogP contribution in [0.4, 0.5) is 10.2 Å². The lowest BCUT2D eigenvalue weighted by Gasteiger charge is -2.09. The zero-order chi connectivity index (χ0) is 22.9. The van der Waals surface area contributed by atoms with E-state index in [9.17, 15) is 9.18 Å². The summed E-state index contributed by atoms with van der Waals surface area (Å²) in [6.07, 6.45) is 3.50. The fraction of sp³-hybridized carbons (Fsp3) is 0.120. The quantitative estimate of drug-likeness (QED) is 0.434. The fourth-order valence-electron chi connectivity index (χ4n) is 3.77. The maximum Gasteiger partial charge on any atom is 0.257 e. The van der Waals surface area contributed by atoms with E-state index in [0.29, 0.717) is 23.6 Å². The lowest BCUT2D eigenvalue weighted by molar-refractivity contribution is 0.102. The number of hydrogen-bond acceptors (Lipinski definition) is 4. The highest BCUT2D eigenvalue weighted by molar-refractivity contribution is 6.12. The Kier molecular flexibility index (Phi) is 5.18. The van der Waals surface area contributed by atoms with E-state index in [1.807, 2.05) is 44.3 Å². The Bertz CT molecular complexity index is 1490. The number of fused-ring (bicyclic) bond motifs is 1. The van der Waals surface area contributed by atoms with Gasteiger partial charge in [-0.15, -0.1) is 0 Å². The summed E-state index contributed by atoms with van der Waals surface area (Å²) in [7, 11) is 1.87. The lowest BCUT2D eigenvalue weighted by atomic mass is 10.0. The minimum Gasteiger partial charge on any atom is -0.305 e. The van der Waals surface area contributed by atoms with E-state index < -0.39 is 0 Å². The second-order valence-electron chi connectivity index (χ2n) is 7.82. The Balaban J connectivity index is 1.45. The van der Waals surface area contributed by atoms with Gasteiger partial charge in [-0.05, 0) is 36.8 Å². The normalized spacial score (nSPS) is 11.1. The van der Waals surface area contributed by atoms with Crippen molar-refractivity contribution in [3.05, 3.63) is 95.7 Å². The Morgan fingerprint density at radius 1 is 1.09 bits per heavy atom. The number of para-hydroxylation sites is 1. The van der Waals surface area contributed by atoms with E-state index in [1.165, 1.54) is 12.1 Å². The van der Waals surface area contributed by atoms with Gasteiger partial charge in [0.1, 0.15) is 5.82 Å². The van der Waals surface area contributed by atoms with E-state index in [1.54, 1.807) is 40.0 Å². The number of aryl methyl sites for hydroxylation is 1. The molecule has 0 spiro atoms. The third kappa shape index (κ3) is 4.10. The summed E-state index contributed by atoms with van der Waals surface area (Å²) >= 11 is 0. The Hall–Kier alpha value is -4.33. The monoisotopic (exact) mass is 440 g/mol. The number of halogens is 1. The number of anilines is 1. The largest absolute Gasteiger partial charge is 0.305 e. The highest BCUT2D eigenvalue weighted by Gasteiger charge is 2.17. The molecule has 1 amide bonds. The molecule has 0 aliphatic heterocycles. The molecule has 164 valence electrons. The molecule has 0 fully saturated rings. The molecule has 0 aliphatic rings. The standard InChI is InChI=1S/C25H21FN6O/c1-16-21(14-27-31(16)2)23-13-20(19-8-3-4-9-22(19)28-23)25(33)29-24-10-11-32(30-24)15-17-6-5-7-18(26)12-17/h3-14H,15H2,1-2H3,(H,29,30,33). The van der Waals surface area contributed by atoms with Gasteiger partial charge in [0.05, 0.1) is 29.5 Å². The molecule has 7 nitrogen and oxygen atoms in total. The van der Waals surface area contributed by atoms with Crippen LogP contribution in [-0.2, 0) is 13.6 Å². The highest BCUT2D eigenvalue weighted by atomic mass is 19.1. The molecule has 1 N–H and O–H groups in total. The van der Waals surface area contributed by atoms with Crippen LogP contribution in [0.5, 0.6) is 0 Å². The first kappa shape index (κ1) is 20.6. The second kappa shape index (κ2) is 8.31. The fourth-order valence-corrected chi connectivity index (χ4v) is 3.77. The number of nitrogens with one attached hydrogen (secondary N) is 1. The van der Waals surface area contributed by atoms with Crippen LogP contribution in [0.15, 0.2) is 73.1 Å². The molecule has 0 radical (unpaired) electrons. The molecule has 0 saturated carbocycles. The first-order chi connectivity index (χ1) is 16.0. The van der Waals surface area contributed by atoms with Crippen LogP contribution in [0, 0.1) is 12.7 Å². The topological polar surface area (TPSA) is 77.6 Å². The van der Waals surface area contributed by atoms with Crippen molar-refractivity contribution in [2.24, 2.45) is 7.05 Å². The average molecular weight is 440 g/mol. The molecule has 0 aliphatic carbocycles. The number of nitrogens with zero attached hydrogens (tertiary/aromatic N) is 5. The van der Waals surface area contributed by atoms with Gasteiger partial charge in [-0.25, -0.2) is 9.37 Å². The maximum atomic E-state index is 13.4. The van der Waals surface area contributed by atoms with E-state index in [0.717, 1.165) is 27.7 Å². The predicted octanol–water partition coefficient (Wildman–Crippen LogP) is 4.58. The van der Waals surface area contributed by atoms with Crippen molar-refractivity contribution in [1.82, 2.24) is 24.5 Å². The number of benzene rings is 2. The van der Waals surface area contributed by atoms with Crippen molar-refractivity contribution in [1.29, 1.82) is 0 Å². The van der Waals surface area contributed by atoms with Gasteiger partial charge in [0.2, 0.25) is 0 Å². The van der Waals surface area contributed by atoms with Crippen molar-refractivity contribution in [3.8, 4) is 11.3 Å². The van der Waals surface area contributed by atoms with Crippen molar-refractivity contribution in [3.63, 3.8) is 0 Å². The third-order valence-corrected chi connectivity index (χ3v) is 5.59. The summed E-state index contributed by atoms with van der Waals surface area (Å²) in [5.74, 6) is -0.166. The summed E-state index contributed by atoms with van der Waals surface area (Å²) in [4.78, 5) is 18.0. The summed E-state index contributed by atoms with van der Waals surface area (Å²) < 4.78 is 16.9. The van der Waals surface area contributed by atoms with Crippen LogP contribution >= 0.6 is 0 Å². The molecule has 0 saturated heterocycles. The number of carbonyl (C=O) groups is 1. The van der Waals surface area contributed by atoms with Crippen LogP contribution in [0.3, 0.4) is 0 Å².